The van der Waals surface area contributed by atoms with E-state index in [1.165, 1.54) is 11.6 Å². The fourth-order valence-corrected chi connectivity index (χ4v) is 2.48. The van der Waals surface area contributed by atoms with Crippen molar-refractivity contribution in [3.05, 3.63) is 70.5 Å². The normalized spacial score (nSPS) is 12.6. The van der Waals surface area contributed by atoms with E-state index in [2.05, 4.69) is 19.2 Å². The maximum Gasteiger partial charge on any atom is 0.126 e. The largest absolute Gasteiger partial charge is 0.314 e. The number of halogens is 2. The van der Waals surface area contributed by atoms with Crippen molar-refractivity contribution in [1.82, 2.24) is 5.32 Å². The summed E-state index contributed by atoms with van der Waals surface area (Å²) in [5, 5.41) is 4.17. The molecule has 21 heavy (non-hydrogen) atoms. The van der Waals surface area contributed by atoms with Crippen LogP contribution in [0.2, 0.25) is 5.02 Å². The van der Waals surface area contributed by atoms with Crippen molar-refractivity contribution in [2.75, 3.05) is 6.54 Å². The molecule has 0 aliphatic carbocycles. The zero-order chi connectivity index (χ0) is 15.2. The summed E-state index contributed by atoms with van der Waals surface area (Å²) in [6, 6.07) is 15.2. The van der Waals surface area contributed by atoms with Gasteiger partial charge in [-0.2, -0.15) is 0 Å². The first-order valence-electron chi connectivity index (χ1n) is 7.28. The van der Waals surface area contributed by atoms with Crippen molar-refractivity contribution in [2.45, 2.75) is 32.2 Å². The molecule has 0 bridgehead atoms. The predicted octanol–water partition coefficient (Wildman–Crippen LogP) is 4.80. The standard InChI is InChI=1S/C18H21ClFN/c1-13(2)21-12-16(14-7-9-17(19)10-8-14)11-15-5-3-4-6-18(15)20/h3-10,13,16,21H,11-12H2,1-2H3. The Labute approximate surface area is 131 Å². The number of rotatable bonds is 6. The average Bonchev–Trinajstić information content (AvgIpc) is 2.46. The first-order valence-corrected chi connectivity index (χ1v) is 7.66. The summed E-state index contributed by atoms with van der Waals surface area (Å²) >= 11 is 5.95. The van der Waals surface area contributed by atoms with Crippen LogP contribution in [0.15, 0.2) is 48.5 Å². The van der Waals surface area contributed by atoms with Gasteiger partial charge < -0.3 is 5.32 Å². The summed E-state index contributed by atoms with van der Waals surface area (Å²) in [6.07, 6.45) is 0.675. The Bertz CT molecular complexity index is 566. The van der Waals surface area contributed by atoms with Crippen molar-refractivity contribution >= 4 is 11.6 Å². The quantitative estimate of drug-likeness (QED) is 0.808. The number of benzene rings is 2. The van der Waals surface area contributed by atoms with E-state index in [1.54, 1.807) is 6.07 Å². The lowest BCUT2D eigenvalue weighted by atomic mass is 9.91. The minimum absolute atomic E-state index is 0.138. The fourth-order valence-electron chi connectivity index (χ4n) is 2.35. The Balaban J connectivity index is 2.19. The molecule has 2 aromatic carbocycles. The van der Waals surface area contributed by atoms with Crippen LogP contribution in [-0.2, 0) is 6.42 Å². The van der Waals surface area contributed by atoms with Gasteiger partial charge in [0.15, 0.2) is 0 Å². The van der Waals surface area contributed by atoms with Crippen LogP contribution in [0.3, 0.4) is 0 Å². The van der Waals surface area contributed by atoms with Crippen molar-refractivity contribution < 1.29 is 4.39 Å². The number of hydrogen-bond acceptors (Lipinski definition) is 1. The van der Waals surface area contributed by atoms with Gasteiger partial charge in [-0.25, -0.2) is 4.39 Å². The third-order valence-corrected chi connectivity index (χ3v) is 3.79. The van der Waals surface area contributed by atoms with E-state index >= 15 is 0 Å². The lowest BCUT2D eigenvalue weighted by Crippen LogP contribution is -2.29. The van der Waals surface area contributed by atoms with Gasteiger partial charge in [0.1, 0.15) is 5.82 Å². The van der Waals surface area contributed by atoms with E-state index < -0.39 is 0 Å². The zero-order valence-corrected chi connectivity index (χ0v) is 13.2. The van der Waals surface area contributed by atoms with Gasteiger partial charge in [0.2, 0.25) is 0 Å². The van der Waals surface area contributed by atoms with Gasteiger partial charge in [-0.15, -0.1) is 0 Å². The molecule has 1 nitrogen and oxygen atoms in total. The molecule has 0 aliphatic heterocycles. The summed E-state index contributed by atoms with van der Waals surface area (Å²) in [7, 11) is 0. The fraction of sp³-hybridized carbons (Fsp3) is 0.333. The van der Waals surface area contributed by atoms with E-state index in [4.69, 9.17) is 11.6 Å². The summed E-state index contributed by atoms with van der Waals surface area (Å²) < 4.78 is 13.9. The molecule has 0 amide bonds. The summed E-state index contributed by atoms with van der Waals surface area (Å²) in [6.45, 7) is 5.04. The van der Waals surface area contributed by atoms with Gasteiger partial charge in [0.05, 0.1) is 0 Å². The molecule has 0 saturated carbocycles. The zero-order valence-electron chi connectivity index (χ0n) is 12.4. The molecule has 1 atom stereocenters. The molecule has 2 aromatic rings. The van der Waals surface area contributed by atoms with Crippen molar-refractivity contribution in [1.29, 1.82) is 0 Å². The Morgan fingerprint density at radius 1 is 1.05 bits per heavy atom. The molecule has 1 unspecified atom stereocenters. The second-order valence-electron chi connectivity index (χ2n) is 5.61. The van der Waals surface area contributed by atoms with E-state index in [9.17, 15) is 4.39 Å². The second kappa shape index (κ2) is 7.58. The molecular weight excluding hydrogens is 285 g/mol. The summed E-state index contributed by atoms with van der Waals surface area (Å²) in [4.78, 5) is 0. The van der Waals surface area contributed by atoms with Gasteiger partial charge >= 0.3 is 0 Å². The number of hydrogen-bond donors (Lipinski definition) is 1. The molecule has 3 heteroatoms. The van der Waals surface area contributed by atoms with Crippen molar-refractivity contribution in [3.8, 4) is 0 Å². The maximum atomic E-state index is 13.9. The molecule has 0 heterocycles. The molecular formula is C18H21ClFN. The number of nitrogens with one attached hydrogen (secondary N) is 1. The Morgan fingerprint density at radius 2 is 1.71 bits per heavy atom. The lowest BCUT2D eigenvalue weighted by Gasteiger charge is -2.20. The third-order valence-electron chi connectivity index (χ3n) is 3.54. The highest BCUT2D eigenvalue weighted by atomic mass is 35.5. The van der Waals surface area contributed by atoms with Crippen LogP contribution in [0.25, 0.3) is 0 Å². The van der Waals surface area contributed by atoms with Crippen LogP contribution in [0.1, 0.15) is 30.9 Å². The second-order valence-corrected chi connectivity index (χ2v) is 6.04. The Morgan fingerprint density at radius 3 is 2.33 bits per heavy atom. The molecule has 0 saturated heterocycles. The van der Waals surface area contributed by atoms with E-state index in [-0.39, 0.29) is 11.7 Å². The van der Waals surface area contributed by atoms with Gasteiger partial charge in [-0.05, 0) is 35.7 Å². The molecule has 2 rings (SSSR count). The Hall–Kier alpha value is -1.38. The van der Waals surface area contributed by atoms with Crippen LogP contribution in [-0.4, -0.2) is 12.6 Å². The molecule has 0 aliphatic rings. The molecule has 0 aromatic heterocycles. The van der Waals surface area contributed by atoms with Gasteiger partial charge in [-0.1, -0.05) is 55.8 Å². The van der Waals surface area contributed by atoms with E-state index in [0.29, 0.717) is 12.5 Å². The van der Waals surface area contributed by atoms with Crippen LogP contribution in [0, 0.1) is 5.82 Å². The van der Waals surface area contributed by atoms with Crippen LogP contribution < -0.4 is 5.32 Å². The van der Waals surface area contributed by atoms with Gasteiger partial charge in [0, 0.05) is 23.5 Å². The van der Waals surface area contributed by atoms with E-state index in [1.807, 2.05) is 36.4 Å². The average molecular weight is 306 g/mol. The first kappa shape index (κ1) is 16.0. The topological polar surface area (TPSA) is 12.0 Å². The molecule has 0 fully saturated rings. The minimum atomic E-state index is -0.138. The van der Waals surface area contributed by atoms with Crippen molar-refractivity contribution in [3.63, 3.8) is 0 Å². The monoisotopic (exact) mass is 305 g/mol. The van der Waals surface area contributed by atoms with Crippen LogP contribution in [0.5, 0.6) is 0 Å². The van der Waals surface area contributed by atoms with Crippen LogP contribution in [0.4, 0.5) is 4.39 Å². The summed E-state index contributed by atoms with van der Waals surface area (Å²) in [5.41, 5.74) is 1.93. The van der Waals surface area contributed by atoms with Gasteiger partial charge in [0.25, 0.3) is 0 Å². The molecule has 0 spiro atoms. The highest BCUT2D eigenvalue weighted by Gasteiger charge is 2.15. The van der Waals surface area contributed by atoms with Crippen LogP contribution >= 0.6 is 11.6 Å². The smallest absolute Gasteiger partial charge is 0.126 e. The molecule has 1 N–H and O–H groups in total. The minimum Gasteiger partial charge on any atom is -0.314 e. The SMILES string of the molecule is CC(C)NCC(Cc1ccccc1F)c1ccc(Cl)cc1. The third kappa shape index (κ3) is 4.83. The predicted molar refractivity (Wildman–Crippen MR) is 87.4 cm³/mol. The lowest BCUT2D eigenvalue weighted by molar-refractivity contribution is 0.517. The Kier molecular flexibility index (Phi) is 5.77. The summed E-state index contributed by atoms with van der Waals surface area (Å²) in [5.74, 6) is 0.0857. The van der Waals surface area contributed by atoms with E-state index in [0.717, 1.165) is 17.1 Å². The maximum absolute atomic E-state index is 13.9. The highest BCUT2D eigenvalue weighted by Crippen LogP contribution is 2.23. The van der Waals surface area contributed by atoms with Gasteiger partial charge in [-0.3, -0.25) is 0 Å². The van der Waals surface area contributed by atoms with Crippen molar-refractivity contribution in [2.24, 2.45) is 0 Å². The highest BCUT2D eigenvalue weighted by molar-refractivity contribution is 6.30. The molecule has 112 valence electrons. The molecule has 0 radical (unpaired) electrons. The first-order chi connectivity index (χ1) is 10.1.